The molecule has 0 bridgehead atoms. The molecular formula is C15H18N2O5S. The van der Waals surface area contributed by atoms with Crippen molar-refractivity contribution >= 4 is 15.9 Å². The third-order valence-corrected chi connectivity index (χ3v) is 4.59. The Hall–Kier alpha value is -1.92. The van der Waals surface area contributed by atoms with Gasteiger partial charge in [-0.2, -0.15) is 4.72 Å². The zero-order chi connectivity index (χ0) is 16.7. The highest BCUT2D eigenvalue weighted by Gasteiger charge is 2.18. The van der Waals surface area contributed by atoms with Crippen LogP contribution in [0.2, 0.25) is 0 Å². The van der Waals surface area contributed by atoms with Gasteiger partial charge in [-0.25, -0.2) is 18.7 Å². The average molecular weight is 338 g/mol. The summed E-state index contributed by atoms with van der Waals surface area (Å²) in [5, 5.41) is 0. The summed E-state index contributed by atoms with van der Waals surface area (Å²) in [6.07, 6.45) is 7.19. The first-order valence-corrected chi connectivity index (χ1v) is 8.62. The quantitative estimate of drug-likeness (QED) is 0.591. The van der Waals surface area contributed by atoms with Crippen LogP contribution in [-0.4, -0.2) is 33.8 Å². The molecule has 1 atom stereocenters. The van der Waals surface area contributed by atoms with Gasteiger partial charge in [0.1, 0.15) is 0 Å². The first-order valence-electron chi connectivity index (χ1n) is 7.14. The number of rotatable bonds is 6. The van der Waals surface area contributed by atoms with Crippen LogP contribution in [0.3, 0.4) is 0 Å². The second-order valence-corrected chi connectivity index (χ2v) is 6.67. The van der Waals surface area contributed by atoms with Gasteiger partial charge in [0.05, 0.1) is 11.4 Å². The van der Waals surface area contributed by atoms with Gasteiger partial charge in [0, 0.05) is 18.6 Å². The van der Waals surface area contributed by atoms with E-state index in [-0.39, 0.29) is 17.0 Å². The molecule has 1 aliphatic heterocycles. The van der Waals surface area contributed by atoms with Gasteiger partial charge < -0.3 is 4.74 Å². The molecule has 1 heterocycles. The fourth-order valence-electron chi connectivity index (χ4n) is 2.01. The molecule has 1 fully saturated rings. The van der Waals surface area contributed by atoms with Crippen molar-refractivity contribution in [2.75, 3.05) is 13.2 Å². The average Bonchev–Trinajstić information content (AvgIpc) is 2.59. The number of sulfonamides is 1. The monoisotopic (exact) mass is 338 g/mol. The number of hydrogen-bond donors (Lipinski definition) is 2. The lowest BCUT2D eigenvalue weighted by atomic mass is 10.2. The second kappa shape index (κ2) is 8.08. The van der Waals surface area contributed by atoms with Crippen molar-refractivity contribution < 1.29 is 22.8 Å². The zero-order valence-corrected chi connectivity index (χ0v) is 13.3. The number of hydrogen-bond acceptors (Lipinski definition) is 5. The molecule has 0 saturated carbocycles. The standard InChI is InChI=1S/C15H18N2O5S/c1-2-9-16-23(19,20)13-7-5-6-12(11-13)15(18)17-22-14-8-3-4-10-21-14/h1,5-7,11,14,16H,3-4,8-10H2,(H,17,18). The highest BCUT2D eigenvalue weighted by molar-refractivity contribution is 7.89. The molecule has 23 heavy (non-hydrogen) atoms. The highest BCUT2D eigenvalue weighted by Crippen LogP contribution is 2.14. The van der Waals surface area contributed by atoms with Crippen LogP contribution in [0, 0.1) is 12.3 Å². The topological polar surface area (TPSA) is 93.7 Å². The largest absolute Gasteiger partial charge is 0.350 e. The minimum atomic E-state index is -3.75. The van der Waals surface area contributed by atoms with Crippen LogP contribution in [0.4, 0.5) is 0 Å². The van der Waals surface area contributed by atoms with E-state index in [1.165, 1.54) is 24.3 Å². The predicted octanol–water partition coefficient (Wildman–Crippen LogP) is 0.786. The van der Waals surface area contributed by atoms with E-state index in [1.807, 2.05) is 0 Å². The van der Waals surface area contributed by atoms with Crippen LogP contribution in [-0.2, 0) is 19.6 Å². The summed E-state index contributed by atoms with van der Waals surface area (Å²) in [5.74, 6) is 1.64. The maximum atomic E-state index is 12.0. The Morgan fingerprint density at radius 2 is 2.26 bits per heavy atom. The molecule has 1 saturated heterocycles. The molecule has 1 amide bonds. The first kappa shape index (κ1) is 17.4. The SMILES string of the molecule is C#CCNS(=O)(=O)c1cccc(C(=O)NOC2CCCCO2)c1. The Kier molecular flexibility index (Phi) is 6.12. The fourth-order valence-corrected chi connectivity index (χ4v) is 2.99. The normalized spacial score (nSPS) is 18.1. The molecule has 1 aliphatic rings. The Morgan fingerprint density at radius 1 is 1.43 bits per heavy atom. The summed E-state index contributed by atoms with van der Waals surface area (Å²) in [6.45, 7) is 0.468. The molecule has 2 rings (SSSR count). The fraction of sp³-hybridized carbons (Fsp3) is 0.400. The Labute approximate surface area is 135 Å². The summed E-state index contributed by atoms with van der Waals surface area (Å²) in [4.78, 5) is 17.2. The van der Waals surface area contributed by atoms with Gasteiger partial charge in [0.25, 0.3) is 5.91 Å². The molecule has 7 nitrogen and oxygen atoms in total. The molecule has 1 unspecified atom stereocenters. The molecule has 124 valence electrons. The molecular weight excluding hydrogens is 320 g/mol. The molecule has 2 N–H and O–H groups in total. The zero-order valence-electron chi connectivity index (χ0n) is 12.4. The van der Waals surface area contributed by atoms with E-state index in [0.29, 0.717) is 13.0 Å². The summed E-state index contributed by atoms with van der Waals surface area (Å²) < 4.78 is 31.5. The number of ether oxygens (including phenoxy) is 1. The van der Waals surface area contributed by atoms with Crippen LogP contribution in [0.1, 0.15) is 29.6 Å². The number of benzene rings is 1. The summed E-state index contributed by atoms with van der Waals surface area (Å²) in [5.41, 5.74) is 2.44. The van der Waals surface area contributed by atoms with Gasteiger partial charge in [0.2, 0.25) is 10.0 Å². The van der Waals surface area contributed by atoms with Gasteiger partial charge in [-0.15, -0.1) is 6.42 Å². The van der Waals surface area contributed by atoms with Crippen molar-refractivity contribution in [3.8, 4) is 12.3 Å². The number of amides is 1. The van der Waals surface area contributed by atoms with Crippen molar-refractivity contribution in [1.82, 2.24) is 10.2 Å². The van der Waals surface area contributed by atoms with Gasteiger partial charge in [-0.05, 0) is 31.0 Å². The van der Waals surface area contributed by atoms with E-state index in [1.54, 1.807) is 0 Å². The lowest BCUT2D eigenvalue weighted by Crippen LogP contribution is -2.33. The van der Waals surface area contributed by atoms with Crippen molar-refractivity contribution in [3.05, 3.63) is 29.8 Å². The molecule has 0 spiro atoms. The van der Waals surface area contributed by atoms with E-state index in [0.717, 1.165) is 12.8 Å². The van der Waals surface area contributed by atoms with Gasteiger partial charge >= 0.3 is 0 Å². The summed E-state index contributed by atoms with van der Waals surface area (Å²) in [6, 6.07) is 5.58. The number of terminal acetylenes is 1. The van der Waals surface area contributed by atoms with Crippen LogP contribution < -0.4 is 10.2 Å². The van der Waals surface area contributed by atoms with Crippen LogP contribution in [0.15, 0.2) is 29.2 Å². The van der Waals surface area contributed by atoms with E-state index in [4.69, 9.17) is 16.0 Å². The molecule has 0 aliphatic carbocycles. The molecule has 0 aromatic heterocycles. The third-order valence-electron chi connectivity index (χ3n) is 3.19. The predicted molar refractivity (Wildman–Crippen MR) is 82.6 cm³/mol. The van der Waals surface area contributed by atoms with Crippen LogP contribution in [0.25, 0.3) is 0 Å². The van der Waals surface area contributed by atoms with Gasteiger partial charge in [-0.3, -0.25) is 4.79 Å². The number of carbonyl (C=O) groups is 1. The Balaban J connectivity index is 2.01. The minimum absolute atomic E-state index is 0.0469. The number of carbonyl (C=O) groups excluding carboxylic acids is 1. The maximum Gasteiger partial charge on any atom is 0.274 e. The van der Waals surface area contributed by atoms with E-state index in [2.05, 4.69) is 16.1 Å². The van der Waals surface area contributed by atoms with Crippen LogP contribution in [0.5, 0.6) is 0 Å². The molecule has 1 aromatic carbocycles. The number of nitrogens with one attached hydrogen (secondary N) is 2. The highest BCUT2D eigenvalue weighted by atomic mass is 32.2. The smallest absolute Gasteiger partial charge is 0.274 e. The van der Waals surface area contributed by atoms with Crippen molar-refractivity contribution in [1.29, 1.82) is 0 Å². The van der Waals surface area contributed by atoms with E-state index < -0.39 is 22.2 Å². The summed E-state index contributed by atoms with van der Waals surface area (Å²) in [7, 11) is -3.75. The van der Waals surface area contributed by atoms with E-state index >= 15 is 0 Å². The summed E-state index contributed by atoms with van der Waals surface area (Å²) >= 11 is 0. The molecule has 0 radical (unpaired) electrons. The lowest BCUT2D eigenvalue weighted by molar-refractivity contribution is -0.186. The first-order chi connectivity index (χ1) is 11.0. The van der Waals surface area contributed by atoms with Crippen LogP contribution >= 0.6 is 0 Å². The minimum Gasteiger partial charge on any atom is -0.350 e. The van der Waals surface area contributed by atoms with E-state index in [9.17, 15) is 13.2 Å². The Morgan fingerprint density at radius 3 is 2.96 bits per heavy atom. The second-order valence-electron chi connectivity index (χ2n) is 4.90. The third kappa shape index (κ3) is 5.04. The van der Waals surface area contributed by atoms with Crippen molar-refractivity contribution in [2.45, 2.75) is 30.4 Å². The Bertz CT molecular complexity index is 690. The lowest BCUT2D eigenvalue weighted by Gasteiger charge is -2.22. The number of hydroxylamine groups is 1. The van der Waals surface area contributed by atoms with Gasteiger partial charge in [0.15, 0.2) is 6.29 Å². The molecule has 1 aromatic rings. The maximum absolute atomic E-state index is 12.0. The van der Waals surface area contributed by atoms with Gasteiger partial charge in [-0.1, -0.05) is 12.0 Å². The van der Waals surface area contributed by atoms with Crippen molar-refractivity contribution in [3.63, 3.8) is 0 Å². The molecule has 8 heteroatoms. The van der Waals surface area contributed by atoms with Crippen molar-refractivity contribution in [2.24, 2.45) is 0 Å².